The van der Waals surface area contributed by atoms with E-state index < -0.39 is 0 Å². The highest BCUT2D eigenvalue weighted by Gasteiger charge is 2.15. The first-order valence-electron chi connectivity index (χ1n) is 9.74. The van der Waals surface area contributed by atoms with E-state index in [1.165, 1.54) is 37.1 Å². The van der Waals surface area contributed by atoms with E-state index in [9.17, 15) is 0 Å². The Bertz CT molecular complexity index is 879. The monoisotopic (exact) mass is 364 g/mol. The van der Waals surface area contributed by atoms with E-state index in [1.54, 1.807) is 0 Å². The largest absolute Gasteiger partial charge is 0.487 e. The number of fused-ring (bicyclic) bond motifs is 1. The van der Waals surface area contributed by atoms with Crippen molar-refractivity contribution in [3.05, 3.63) is 65.6 Å². The number of aromatic nitrogens is 2. The van der Waals surface area contributed by atoms with E-state index in [2.05, 4.69) is 47.4 Å². The van der Waals surface area contributed by atoms with Crippen LogP contribution in [0.1, 0.15) is 29.7 Å². The molecule has 1 saturated heterocycles. The highest BCUT2D eigenvalue weighted by molar-refractivity contribution is 5.47. The molecule has 3 heterocycles. The molecule has 27 heavy (non-hydrogen) atoms. The molecule has 5 heteroatoms. The molecule has 1 aliphatic rings. The number of imidazole rings is 1. The van der Waals surface area contributed by atoms with Gasteiger partial charge >= 0.3 is 0 Å². The van der Waals surface area contributed by atoms with Crippen LogP contribution in [0.25, 0.3) is 5.65 Å². The van der Waals surface area contributed by atoms with Crippen molar-refractivity contribution in [1.82, 2.24) is 19.6 Å². The number of nitrogens with one attached hydrogen (secondary N) is 1. The van der Waals surface area contributed by atoms with Gasteiger partial charge in [0, 0.05) is 25.0 Å². The molecule has 1 aromatic carbocycles. The third-order valence-corrected chi connectivity index (χ3v) is 5.35. The van der Waals surface area contributed by atoms with E-state index in [0.29, 0.717) is 12.6 Å². The summed E-state index contributed by atoms with van der Waals surface area (Å²) in [7, 11) is 2.20. The van der Waals surface area contributed by atoms with Gasteiger partial charge in [0.2, 0.25) is 0 Å². The molecule has 142 valence electrons. The van der Waals surface area contributed by atoms with Crippen molar-refractivity contribution in [1.29, 1.82) is 0 Å². The lowest BCUT2D eigenvalue weighted by Crippen LogP contribution is -2.40. The minimum Gasteiger partial charge on any atom is -0.487 e. The molecule has 2 aromatic heterocycles. The summed E-state index contributed by atoms with van der Waals surface area (Å²) in [6.45, 7) is 5.85. The molecular weight excluding hydrogens is 336 g/mol. The van der Waals surface area contributed by atoms with Gasteiger partial charge in [0.1, 0.15) is 18.0 Å². The average Bonchev–Trinajstić information content (AvgIpc) is 3.11. The van der Waals surface area contributed by atoms with Crippen molar-refractivity contribution >= 4 is 5.65 Å². The van der Waals surface area contributed by atoms with Gasteiger partial charge < -0.3 is 19.4 Å². The zero-order chi connectivity index (χ0) is 18.6. The lowest BCUT2D eigenvalue weighted by atomic mass is 10.1. The van der Waals surface area contributed by atoms with Gasteiger partial charge in [-0.15, -0.1) is 0 Å². The molecule has 0 aliphatic carbocycles. The van der Waals surface area contributed by atoms with E-state index in [1.807, 2.05) is 35.0 Å². The summed E-state index contributed by atoms with van der Waals surface area (Å²) < 4.78 is 7.97. The number of hydrogen-bond acceptors (Lipinski definition) is 4. The normalized spacial score (nSPS) is 16.1. The lowest BCUT2D eigenvalue weighted by Gasteiger charge is -2.29. The molecule has 1 aliphatic heterocycles. The van der Waals surface area contributed by atoms with Crippen molar-refractivity contribution in [3.8, 4) is 5.75 Å². The van der Waals surface area contributed by atoms with Crippen LogP contribution in [0.4, 0.5) is 0 Å². The van der Waals surface area contributed by atoms with E-state index >= 15 is 0 Å². The number of likely N-dealkylation sites (tertiary alicyclic amines) is 1. The van der Waals surface area contributed by atoms with E-state index in [-0.39, 0.29) is 0 Å². The highest BCUT2D eigenvalue weighted by atomic mass is 16.5. The van der Waals surface area contributed by atoms with Crippen LogP contribution in [0.3, 0.4) is 0 Å². The quantitative estimate of drug-likeness (QED) is 0.728. The minimum absolute atomic E-state index is 0.480. The van der Waals surface area contributed by atoms with Gasteiger partial charge in [0.25, 0.3) is 0 Å². The first-order valence-corrected chi connectivity index (χ1v) is 9.74. The van der Waals surface area contributed by atoms with Crippen molar-refractivity contribution < 1.29 is 4.74 Å². The molecule has 0 atom stereocenters. The molecule has 0 unspecified atom stereocenters. The Hall–Kier alpha value is -2.37. The van der Waals surface area contributed by atoms with Crippen molar-refractivity contribution in [3.63, 3.8) is 0 Å². The maximum Gasteiger partial charge on any atom is 0.140 e. The predicted octanol–water partition coefficient (Wildman–Crippen LogP) is 3.41. The van der Waals surface area contributed by atoms with Gasteiger partial charge in [-0.1, -0.05) is 18.2 Å². The predicted molar refractivity (Wildman–Crippen MR) is 108 cm³/mol. The van der Waals surface area contributed by atoms with Gasteiger partial charge in [0.05, 0.1) is 5.69 Å². The van der Waals surface area contributed by atoms with Crippen LogP contribution >= 0.6 is 0 Å². The Morgan fingerprint density at radius 3 is 2.67 bits per heavy atom. The topological polar surface area (TPSA) is 41.8 Å². The molecule has 0 spiro atoms. The maximum absolute atomic E-state index is 5.92. The number of rotatable bonds is 6. The molecule has 5 nitrogen and oxygen atoms in total. The number of aryl methyl sites for hydroxylation is 1. The van der Waals surface area contributed by atoms with Crippen LogP contribution in [0.2, 0.25) is 0 Å². The SMILES string of the molecule is Cc1cccn2cc(COc3ccc(CNC4CCN(C)CC4)cc3)nc12. The maximum atomic E-state index is 5.92. The molecular formula is C22H28N4O. The number of piperidine rings is 1. The summed E-state index contributed by atoms with van der Waals surface area (Å²) in [5.74, 6) is 0.881. The van der Waals surface area contributed by atoms with Crippen molar-refractivity contribution in [2.24, 2.45) is 0 Å². The fourth-order valence-corrected chi connectivity index (χ4v) is 3.61. The second-order valence-electron chi connectivity index (χ2n) is 7.55. The Labute approximate surface area is 161 Å². The van der Waals surface area contributed by atoms with Gasteiger partial charge in [-0.3, -0.25) is 0 Å². The molecule has 3 aromatic rings. The molecule has 1 N–H and O–H groups in total. The third-order valence-electron chi connectivity index (χ3n) is 5.35. The first kappa shape index (κ1) is 18.0. The Kier molecular flexibility index (Phi) is 5.41. The summed E-state index contributed by atoms with van der Waals surface area (Å²) in [6, 6.07) is 13.1. The summed E-state index contributed by atoms with van der Waals surface area (Å²) in [5, 5.41) is 3.68. The van der Waals surface area contributed by atoms with Crippen molar-refractivity contribution in [2.45, 2.75) is 39.0 Å². The zero-order valence-corrected chi connectivity index (χ0v) is 16.2. The lowest BCUT2D eigenvalue weighted by molar-refractivity contribution is 0.234. The second kappa shape index (κ2) is 8.11. The van der Waals surface area contributed by atoms with Crippen LogP contribution < -0.4 is 10.1 Å². The number of pyridine rings is 1. The molecule has 0 radical (unpaired) electrons. The fourth-order valence-electron chi connectivity index (χ4n) is 3.61. The Morgan fingerprint density at radius 2 is 1.93 bits per heavy atom. The smallest absolute Gasteiger partial charge is 0.140 e. The second-order valence-corrected chi connectivity index (χ2v) is 7.55. The Morgan fingerprint density at radius 1 is 1.15 bits per heavy atom. The van der Waals surface area contributed by atoms with Crippen LogP contribution in [0.5, 0.6) is 5.75 Å². The Balaban J connectivity index is 1.29. The highest BCUT2D eigenvalue weighted by Crippen LogP contribution is 2.16. The van der Waals surface area contributed by atoms with Gasteiger partial charge in [-0.25, -0.2) is 4.98 Å². The third kappa shape index (κ3) is 4.49. The summed E-state index contributed by atoms with van der Waals surface area (Å²) in [6.07, 6.45) is 6.51. The first-order chi connectivity index (χ1) is 13.2. The molecule has 1 fully saturated rings. The van der Waals surface area contributed by atoms with Crippen LogP contribution in [-0.2, 0) is 13.2 Å². The van der Waals surface area contributed by atoms with Gasteiger partial charge in [-0.2, -0.15) is 0 Å². The fraction of sp³-hybridized carbons (Fsp3) is 0.409. The van der Waals surface area contributed by atoms with Crippen LogP contribution in [-0.4, -0.2) is 40.5 Å². The summed E-state index contributed by atoms with van der Waals surface area (Å²) in [4.78, 5) is 7.05. The number of nitrogens with zero attached hydrogens (tertiary/aromatic N) is 3. The number of benzene rings is 1. The van der Waals surface area contributed by atoms with Gasteiger partial charge in [0.15, 0.2) is 0 Å². The minimum atomic E-state index is 0.480. The number of ether oxygens (including phenoxy) is 1. The molecule has 4 rings (SSSR count). The molecule has 0 saturated carbocycles. The molecule has 0 amide bonds. The summed E-state index contributed by atoms with van der Waals surface area (Å²) >= 11 is 0. The van der Waals surface area contributed by atoms with E-state index in [4.69, 9.17) is 4.74 Å². The van der Waals surface area contributed by atoms with Crippen LogP contribution in [0, 0.1) is 6.92 Å². The average molecular weight is 364 g/mol. The molecule has 0 bridgehead atoms. The van der Waals surface area contributed by atoms with Crippen molar-refractivity contribution in [2.75, 3.05) is 20.1 Å². The van der Waals surface area contributed by atoms with E-state index in [0.717, 1.165) is 23.6 Å². The van der Waals surface area contributed by atoms with Crippen LogP contribution in [0.15, 0.2) is 48.8 Å². The number of hydrogen-bond donors (Lipinski definition) is 1. The summed E-state index contributed by atoms with van der Waals surface area (Å²) in [5.41, 5.74) is 4.40. The zero-order valence-electron chi connectivity index (χ0n) is 16.2. The standard InChI is InChI=1S/C22H28N4O/c1-17-4-3-11-26-15-20(24-22(17)26)16-27-21-7-5-18(6-8-21)14-23-19-9-12-25(2)13-10-19/h3-8,11,15,19,23H,9-10,12-14,16H2,1-2H3. The van der Waals surface area contributed by atoms with Gasteiger partial charge in [-0.05, 0) is 69.2 Å².